The van der Waals surface area contributed by atoms with Crippen molar-refractivity contribution >= 4 is 86.9 Å². The van der Waals surface area contributed by atoms with Gasteiger partial charge >= 0.3 is 6.18 Å². The van der Waals surface area contributed by atoms with E-state index in [-0.39, 0.29) is 10.6 Å². The minimum absolute atomic E-state index is 0.121. The van der Waals surface area contributed by atoms with Gasteiger partial charge in [0.1, 0.15) is 4.33 Å². The molecule has 1 aliphatic carbocycles. The van der Waals surface area contributed by atoms with Crippen LogP contribution in [0.4, 0.5) is 30.2 Å². The molecule has 1 aliphatic rings. The van der Waals surface area contributed by atoms with Gasteiger partial charge in [-0.2, -0.15) is 13.2 Å². The number of rotatable bonds is 8. The summed E-state index contributed by atoms with van der Waals surface area (Å²) >= 11 is 31.5. The van der Waals surface area contributed by atoms with Gasteiger partial charge in [0.25, 0.3) is 5.91 Å². The molecule has 0 radical (unpaired) electrons. The zero-order valence-electron chi connectivity index (χ0n) is 23.2. The van der Waals surface area contributed by atoms with E-state index in [1.54, 1.807) is 49.4 Å². The van der Waals surface area contributed by atoms with Gasteiger partial charge in [-0.1, -0.05) is 46.9 Å². The van der Waals surface area contributed by atoms with Crippen LogP contribution in [0.15, 0.2) is 78.9 Å². The Hall–Kier alpha value is -3.14. The average Bonchev–Trinajstić information content (AvgIpc) is 3.55. The number of carbonyl (C=O) groups is 2. The summed E-state index contributed by atoms with van der Waals surface area (Å²) in [6, 6.07) is 19.5. The number of aryl methyl sites for hydroxylation is 1. The van der Waals surface area contributed by atoms with Gasteiger partial charge in [-0.3, -0.25) is 9.59 Å². The molecular weight excluding hydrogens is 693 g/mol. The number of hydrogen-bond donors (Lipinski definition) is 3. The molecule has 5 nitrogen and oxygen atoms in total. The molecule has 0 heterocycles. The van der Waals surface area contributed by atoms with E-state index in [0.717, 1.165) is 17.7 Å². The molecule has 0 saturated heterocycles. The fraction of sp³-hybridized carbons (Fsp3) is 0.188. The molecular formula is C32H23Cl5F3N3O2. The largest absolute Gasteiger partial charge is 0.416 e. The summed E-state index contributed by atoms with van der Waals surface area (Å²) in [5.74, 6) is -2.30. The van der Waals surface area contributed by atoms with Gasteiger partial charge < -0.3 is 16.0 Å². The molecule has 234 valence electrons. The van der Waals surface area contributed by atoms with Crippen LogP contribution in [0.3, 0.4) is 0 Å². The zero-order chi connectivity index (χ0) is 32.7. The van der Waals surface area contributed by atoms with Crippen LogP contribution in [0.25, 0.3) is 0 Å². The average molecular weight is 716 g/mol. The normalized spacial score (nSPS) is 17.0. The van der Waals surface area contributed by atoms with Crippen molar-refractivity contribution in [1.82, 2.24) is 0 Å². The summed E-state index contributed by atoms with van der Waals surface area (Å²) in [5, 5.41) is 9.68. The van der Waals surface area contributed by atoms with Crippen LogP contribution in [-0.2, 0) is 17.5 Å². The van der Waals surface area contributed by atoms with Gasteiger partial charge in [-0.05, 0) is 90.3 Å². The Morgan fingerprint density at radius 1 is 0.822 bits per heavy atom. The van der Waals surface area contributed by atoms with Crippen molar-refractivity contribution in [3.63, 3.8) is 0 Å². The highest BCUT2D eigenvalue weighted by Crippen LogP contribution is 2.65. The molecule has 13 heteroatoms. The van der Waals surface area contributed by atoms with Crippen LogP contribution < -0.4 is 16.0 Å². The van der Waals surface area contributed by atoms with Crippen molar-refractivity contribution in [3.05, 3.63) is 122 Å². The topological polar surface area (TPSA) is 70.2 Å². The third-order valence-electron chi connectivity index (χ3n) is 7.31. The predicted octanol–water partition coefficient (Wildman–Crippen LogP) is 10.4. The summed E-state index contributed by atoms with van der Waals surface area (Å²) in [7, 11) is 0. The lowest BCUT2D eigenvalue weighted by Gasteiger charge is -2.14. The van der Waals surface area contributed by atoms with Gasteiger partial charge in [-0.25, -0.2) is 0 Å². The molecule has 45 heavy (non-hydrogen) atoms. The van der Waals surface area contributed by atoms with E-state index in [1.807, 2.05) is 0 Å². The first kappa shape index (κ1) is 33.2. The molecule has 2 unspecified atom stereocenters. The Morgan fingerprint density at radius 3 is 2.09 bits per heavy atom. The Labute approximate surface area is 282 Å². The van der Waals surface area contributed by atoms with E-state index in [0.29, 0.717) is 44.8 Å². The summed E-state index contributed by atoms with van der Waals surface area (Å²) in [6.45, 7) is 2.10. The number of nitrogens with one attached hydrogen (secondary N) is 3. The van der Waals surface area contributed by atoms with Crippen LogP contribution >= 0.6 is 58.0 Å². The fourth-order valence-corrected chi connectivity index (χ4v) is 6.51. The van der Waals surface area contributed by atoms with Crippen LogP contribution in [0.1, 0.15) is 38.5 Å². The molecule has 4 aromatic rings. The van der Waals surface area contributed by atoms with Crippen LogP contribution in [0, 0.1) is 12.8 Å². The molecule has 5 rings (SSSR count). The van der Waals surface area contributed by atoms with Crippen molar-refractivity contribution in [1.29, 1.82) is 0 Å². The molecule has 0 spiro atoms. The Kier molecular flexibility index (Phi) is 9.55. The highest BCUT2D eigenvalue weighted by atomic mass is 35.5. The second-order valence-electron chi connectivity index (χ2n) is 10.5. The highest BCUT2D eigenvalue weighted by molar-refractivity contribution is 6.53. The smallest absolute Gasteiger partial charge is 0.381 e. The van der Waals surface area contributed by atoms with E-state index >= 15 is 0 Å². The van der Waals surface area contributed by atoms with E-state index < -0.39 is 39.7 Å². The van der Waals surface area contributed by atoms with Gasteiger partial charge in [0, 0.05) is 39.6 Å². The highest BCUT2D eigenvalue weighted by Gasteiger charge is 2.67. The maximum absolute atomic E-state index is 13.2. The second kappa shape index (κ2) is 12.9. The number of alkyl halides is 5. The summed E-state index contributed by atoms with van der Waals surface area (Å²) in [6.07, 6.45) is -4.39. The first-order chi connectivity index (χ1) is 21.1. The molecule has 4 aromatic carbocycles. The third kappa shape index (κ3) is 7.64. The first-order valence-electron chi connectivity index (χ1n) is 13.4. The van der Waals surface area contributed by atoms with Gasteiger partial charge in [-0.15, -0.1) is 23.2 Å². The fourth-order valence-electron chi connectivity index (χ4n) is 4.94. The molecule has 2 atom stereocenters. The van der Waals surface area contributed by atoms with Gasteiger partial charge in [0.2, 0.25) is 5.91 Å². The number of halogens is 8. The quantitative estimate of drug-likeness (QED) is 0.159. The van der Waals surface area contributed by atoms with E-state index in [1.165, 1.54) is 24.3 Å². The molecule has 3 N–H and O–H groups in total. The van der Waals surface area contributed by atoms with E-state index in [9.17, 15) is 22.8 Å². The minimum atomic E-state index is -4.39. The maximum atomic E-state index is 13.2. The Balaban J connectivity index is 1.22. The minimum Gasteiger partial charge on any atom is -0.381 e. The van der Waals surface area contributed by atoms with Gasteiger partial charge in [0.15, 0.2) is 0 Å². The van der Waals surface area contributed by atoms with Crippen molar-refractivity contribution in [2.45, 2.75) is 29.9 Å². The standard InChI is InChI=1S/C32H23Cl5F3N3O2/c1-16-10-22(41-15-17-2-4-19(5-3-17)32(38,39)40)7-9-26(16)43-29(44)24-14-23(6-8-25(24)35)42-30(45)28-27(31(28,36)37)18-11-20(33)13-21(34)12-18/h2-14,27-28,41H,15H2,1H3,(H,42,45)(H,43,44). The molecule has 2 amide bonds. The maximum Gasteiger partial charge on any atom is 0.416 e. The number of amides is 2. The van der Waals surface area contributed by atoms with Crippen LogP contribution in [0.5, 0.6) is 0 Å². The van der Waals surface area contributed by atoms with E-state index in [4.69, 9.17) is 58.0 Å². The lowest BCUT2D eigenvalue weighted by molar-refractivity contribution is -0.137. The summed E-state index contributed by atoms with van der Waals surface area (Å²) in [5.41, 5.74) is 2.98. The second-order valence-corrected chi connectivity index (χ2v) is 13.3. The molecule has 0 aliphatic heterocycles. The molecule has 1 saturated carbocycles. The number of anilines is 3. The molecule has 0 aromatic heterocycles. The van der Waals surface area contributed by atoms with Crippen LogP contribution in [-0.4, -0.2) is 16.1 Å². The van der Waals surface area contributed by atoms with Crippen molar-refractivity contribution in [3.8, 4) is 0 Å². The zero-order valence-corrected chi connectivity index (χ0v) is 27.0. The lowest BCUT2D eigenvalue weighted by atomic mass is 10.1. The van der Waals surface area contributed by atoms with E-state index in [2.05, 4.69) is 16.0 Å². The summed E-state index contributed by atoms with van der Waals surface area (Å²) < 4.78 is 37.0. The molecule has 0 bridgehead atoms. The predicted molar refractivity (Wildman–Crippen MR) is 175 cm³/mol. The summed E-state index contributed by atoms with van der Waals surface area (Å²) in [4.78, 5) is 26.3. The van der Waals surface area contributed by atoms with Gasteiger partial charge in [0.05, 0.1) is 22.1 Å². The van der Waals surface area contributed by atoms with Crippen molar-refractivity contribution in [2.24, 2.45) is 5.92 Å². The number of hydrogen-bond acceptors (Lipinski definition) is 3. The van der Waals surface area contributed by atoms with Crippen molar-refractivity contribution < 1.29 is 22.8 Å². The SMILES string of the molecule is Cc1cc(NCc2ccc(C(F)(F)F)cc2)ccc1NC(=O)c1cc(NC(=O)C2C(c3cc(Cl)cc(Cl)c3)C2(Cl)Cl)ccc1Cl. The Bertz CT molecular complexity index is 1760. The van der Waals surface area contributed by atoms with Crippen molar-refractivity contribution in [2.75, 3.05) is 16.0 Å². The Morgan fingerprint density at radius 2 is 1.47 bits per heavy atom. The molecule has 1 fully saturated rings. The number of benzene rings is 4. The lowest BCUT2D eigenvalue weighted by Crippen LogP contribution is -2.18. The van der Waals surface area contributed by atoms with Crippen LogP contribution in [0.2, 0.25) is 15.1 Å². The third-order valence-corrected chi connectivity index (χ3v) is 9.02. The monoisotopic (exact) mass is 713 g/mol. The number of carbonyl (C=O) groups excluding carboxylic acids is 2. The first-order valence-corrected chi connectivity index (χ1v) is 15.3.